The Morgan fingerprint density at radius 2 is 1.68 bits per heavy atom. The molecule has 0 aliphatic carbocycles. The van der Waals surface area contributed by atoms with Gasteiger partial charge in [0.15, 0.2) is 6.10 Å². The molecular formula is C19H21NO5. The number of ether oxygens (including phenoxy) is 2. The molecule has 0 spiro atoms. The van der Waals surface area contributed by atoms with E-state index < -0.39 is 24.0 Å². The summed E-state index contributed by atoms with van der Waals surface area (Å²) in [7, 11) is 2.93. The van der Waals surface area contributed by atoms with Crippen LogP contribution < -0.4 is 10.1 Å². The molecule has 0 heterocycles. The van der Waals surface area contributed by atoms with Crippen LogP contribution in [0.1, 0.15) is 17.2 Å². The minimum absolute atomic E-state index is 0.107. The second kappa shape index (κ2) is 8.84. The lowest BCUT2D eigenvalue weighted by atomic mass is 10.0. The van der Waals surface area contributed by atoms with Crippen molar-refractivity contribution in [1.82, 2.24) is 5.32 Å². The van der Waals surface area contributed by atoms with Gasteiger partial charge in [0.1, 0.15) is 11.8 Å². The van der Waals surface area contributed by atoms with Crippen LogP contribution in [0.25, 0.3) is 0 Å². The summed E-state index contributed by atoms with van der Waals surface area (Å²) in [6.07, 6.45) is -0.767. The maximum atomic E-state index is 12.5. The Morgan fingerprint density at radius 1 is 1.04 bits per heavy atom. The van der Waals surface area contributed by atoms with Gasteiger partial charge >= 0.3 is 5.97 Å². The van der Waals surface area contributed by atoms with Gasteiger partial charge in [-0.05, 0) is 17.2 Å². The molecule has 2 aromatic rings. The highest BCUT2D eigenvalue weighted by Gasteiger charge is 2.27. The summed E-state index contributed by atoms with van der Waals surface area (Å²) < 4.78 is 10.5. The lowest BCUT2D eigenvalue weighted by Gasteiger charge is -2.20. The van der Waals surface area contributed by atoms with E-state index >= 15 is 0 Å². The number of nitrogens with one attached hydrogen (secondary N) is 1. The first-order valence-electron chi connectivity index (χ1n) is 7.79. The summed E-state index contributed by atoms with van der Waals surface area (Å²) in [5, 5.41) is 12.0. The number of aliphatic carboxylic acids is 1. The van der Waals surface area contributed by atoms with Crippen molar-refractivity contribution in [1.29, 1.82) is 0 Å². The van der Waals surface area contributed by atoms with Crippen molar-refractivity contribution >= 4 is 11.9 Å². The molecule has 0 aliphatic heterocycles. The van der Waals surface area contributed by atoms with Crippen LogP contribution in [-0.4, -0.2) is 37.2 Å². The van der Waals surface area contributed by atoms with Crippen molar-refractivity contribution in [2.75, 3.05) is 14.2 Å². The Hall–Kier alpha value is -2.86. The lowest BCUT2D eigenvalue weighted by Crippen LogP contribution is -2.44. The fourth-order valence-electron chi connectivity index (χ4n) is 2.56. The summed E-state index contributed by atoms with van der Waals surface area (Å²) in [5.74, 6) is -1.05. The van der Waals surface area contributed by atoms with Crippen LogP contribution in [0, 0.1) is 0 Å². The van der Waals surface area contributed by atoms with Crippen LogP contribution >= 0.6 is 0 Å². The maximum absolute atomic E-state index is 12.5. The van der Waals surface area contributed by atoms with E-state index in [0.717, 1.165) is 0 Å². The number of methoxy groups -OCH3 is 2. The molecule has 25 heavy (non-hydrogen) atoms. The topological polar surface area (TPSA) is 84.9 Å². The molecule has 2 N–H and O–H groups in total. The van der Waals surface area contributed by atoms with Gasteiger partial charge in [-0.15, -0.1) is 0 Å². The van der Waals surface area contributed by atoms with Gasteiger partial charge in [0.2, 0.25) is 0 Å². The zero-order valence-corrected chi connectivity index (χ0v) is 14.1. The molecule has 0 unspecified atom stereocenters. The number of carbonyl (C=O) groups excluding carboxylic acids is 1. The molecule has 0 radical (unpaired) electrons. The Labute approximate surface area is 146 Å². The summed E-state index contributed by atoms with van der Waals surface area (Å²) in [6, 6.07) is 14.9. The predicted molar refractivity (Wildman–Crippen MR) is 92.5 cm³/mol. The molecule has 132 valence electrons. The molecule has 6 heteroatoms. The SMILES string of the molecule is COc1ccccc1C[C@@H](NC(=O)[C@H](OC)c1ccccc1)C(=O)O. The highest BCUT2D eigenvalue weighted by Crippen LogP contribution is 2.20. The van der Waals surface area contributed by atoms with Gasteiger partial charge in [0.25, 0.3) is 5.91 Å². The van der Waals surface area contributed by atoms with Crippen LogP contribution in [0.15, 0.2) is 54.6 Å². The molecule has 2 atom stereocenters. The highest BCUT2D eigenvalue weighted by molar-refractivity contribution is 5.87. The van der Waals surface area contributed by atoms with E-state index in [1.807, 2.05) is 6.07 Å². The Morgan fingerprint density at radius 3 is 2.28 bits per heavy atom. The van der Waals surface area contributed by atoms with Gasteiger partial charge in [-0.2, -0.15) is 0 Å². The molecule has 0 fully saturated rings. The van der Waals surface area contributed by atoms with Crippen LogP contribution in [0.4, 0.5) is 0 Å². The second-order valence-corrected chi connectivity index (χ2v) is 5.44. The first-order chi connectivity index (χ1) is 12.1. The Kier molecular flexibility index (Phi) is 6.54. The van der Waals surface area contributed by atoms with Crippen LogP contribution in [0.2, 0.25) is 0 Å². The van der Waals surface area contributed by atoms with E-state index in [0.29, 0.717) is 16.9 Å². The first-order valence-corrected chi connectivity index (χ1v) is 7.79. The molecule has 1 amide bonds. The van der Waals surface area contributed by atoms with Gasteiger partial charge in [-0.25, -0.2) is 4.79 Å². The molecule has 0 aliphatic rings. The fraction of sp³-hybridized carbons (Fsp3) is 0.263. The Balaban J connectivity index is 2.15. The molecule has 2 rings (SSSR count). The molecule has 0 saturated carbocycles. The summed E-state index contributed by atoms with van der Waals surface area (Å²) in [6.45, 7) is 0. The van der Waals surface area contributed by atoms with Crippen LogP contribution in [0.5, 0.6) is 5.75 Å². The number of carbonyl (C=O) groups is 2. The van der Waals surface area contributed by atoms with E-state index in [1.54, 1.807) is 48.5 Å². The highest BCUT2D eigenvalue weighted by atomic mass is 16.5. The van der Waals surface area contributed by atoms with Crippen molar-refractivity contribution in [3.8, 4) is 5.75 Å². The Bertz CT molecular complexity index is 717. The van der Waals surface area contributed by atoms with Crippen molar-refractivity contribution in [3.05, 3.63) is 65.7 Å². The molecule has 0 aromatic heterocycles. The zero-order valence-electron chi connectivity index (χ0n) is 14.1. The fourth-order valence-corrected chi connectivity index (χ4v) is 2.56. The third kappa shape index (κ3) is 4.81. The minimum atomic E-state index is -1.12. The number of hydrogen-bond donors (Lipinski definition) is 2. The predicted octanol–water partition coefficient (Wildman–Crippen LogP) is 2.19. The lowest BCUT2D eigenvalue weighted by molar-refractivity contribution is -0.144. The number of carboxylic acids is 1. The van der Waals surface area contributed by atoms with Gasteiger partial charge < -0.3 is 19.9 Å². The van der Waals surface area contributed by atoms with E-state index in [-0.39, 0.29) is 6.42 Å². The number of rotatable bonds is 8. The van der Waals surface area contributed by atoms with Gasteiger partial charge in [0, 0.05) is 13.5 Å². The number of hydrogen-bond acceptors (Lipinski definition) is 4. The second-order valence-electron chi connectivity index (χ2n) is 5.44. The molecular weight excluding hydrogens is 322 g/mol. The third-order valence-corrected chi connectivity index (χ3v) is 3.81. The largest absolute Gasteiger partial charge is 0.496 e. The van der Waals surface area contributed by atoms with E-state index in [2.05, 4.69) is 5.32 Å². The third-order valence-electron chi connectivity index (χ3n) is 3.81. The average molecular weight is 343 g/mol. The van der Waals surface area contributed by atoms with Crippen LogP contribution in [-0.2, 0) is 20.7 Å². The number of carboxylic acid groups (broad SMARTS) is 1. The quantitative estimate of drug-likeness (QED) is 0.767. The first kappa shape index (κ1) is 18.5. The van der Waals surface area contributed by atoms with Gasteiger partial charge in [0.05, 0.1) is 7.11 Å². The standard InChI is InChI=1S/C19H21NO5/c1-24-16-11-7-6-10-14(16)12-15(19(22)23)20-18(21)17(25-2)13-8-4-3-5-9-13/h3-11,15,17H,12H2,1-2H3,(H,20,21)(H,22,23)/t15-,17-/m1/s1. The molecule has 0 bridgehead atoms. The van der Waals surface area contributed by atoms with Gasteiger partial charge in [-0.3, -0.25) is 4.79 Å². The average Bonchev–Trinajstić information content (AvgIpc) is 2.63. The van der Waals surface area contributed by atoms with E-state index in [4.69, 9.17) is 9.47 Å². The number of benzene rings is 2. The number of amides is 1. The van der Waals surface area contributed by atoms with Crippen molar-refractivity contribution < 1.29 is 24.2 Å². The van der Waals surface area contributed by atoms with Gasteiger partial charge in [-0.1, -0.05) is 48.5 Å². The van der Waals surface area contributed by atoms with Crippen molar-refractivity contribution in [2.24, 2.45) is 0 Å². The van der Waals surface area contributed by atoms with E-state index in [1.165, 1.54) is 14.2 Å². The minimum Gasteiger partial charge on any atom is -0.496 e. The van der Waals surface area contributed by atoms with Crippen molar-refractivity contribution in [2.45, 2.75) is 18.6 Å². The number of para-hydroxylation sites is 1. The molecule has 0 saturated heterocycles. The monoisotopic (exact) mass is 343 g/mol. The van der Waals surface area contributed by atoms with E-state index in [9.17, 15) is 14.7 Å². The van der Waals surface area contributed by atoms with Crippen LogP contribution in [0.3, 0.4) is 0 Å². The normalized spacial score (nSPS) is 12.9. The van der Waals surface area contributed by atoms with Crippen molar-refractivity contribution in [3.63, 3.8) is 0 Å². The maximum Gasteiger partial charge on any atom is 0.326 e. The summed E-state index contributed by atoms with van der Waals surface area (Å²) >= 11 is 0. The zero-order chi connectivity index (χ0) is 18.2. The molecule has 6 nitrogen and oxygen atoms in total. The summed E-state index contributed by atoms with van der Waals surface area (Å²) in [5.41, 5.74) is 1.36. The molecule has 2 aromatic carbocycles. The summed E-state index contributed by atoms with van der Waals surface area (Å²) in [4.78, 5) is 24.1. The smallest absolute Gasteiger partial charge is 0.326 e.